The van der Waals surface area contributed by atoms with Gasteiger partial charge in [0.2, 0.25) is 0 Å². The van der Waals surface area contributed by atoms with Gasteiger partial charge in [0, 0.05) is 24.9 Å². The molecule has 168 valence electrons. The molecule has 0 saturated carbocycles. The molecule has 0 aliphatic heterocycles. The van der Waals surface area contributed by atoms with Crippen molar-refractivity contribution in [1.82, 2.24) is 5.32 Å². The quantitative estimate of drug-likeness (QED) is 0.712. The van der Waals surface area contributed by atoms with E-state index in [9.17, 15) is 27.9 Å². The van der Waals surface area contributed by atoms with Crippen LogP contribution in [0, 0.1) is 12.3 Å². The molecule has 1 amide bonds. The molecule has 3 rings (SSSR count). The number of Topliss-reactive ketones (excluding diaryl/α,β-unsaturated/α-hetero) is 1. The first-order valence-electron chi connectivity index (χ1n) is 9.79. The molecular formula is C22H24F3NO5. The van der Waals surface area contributed by atoms with E-state index >= 15 is 0 Å². The van der Waals surface area contributed by atoms with Crippen LogP contribution in [0.4, 0.5) is 13.2 Å². The predicted octanol–water partition coefficient (Wildman–Crippen LogP) is 3.93. The van der Waals surface area contributed by atoms with Crippen LogP contribution >= 0.6 is 0 Å². The van der Waals surface area contributed by atoms with E-state index in [2.05, 4.69) is 5.32 Å². The number of carbonyl (C=O) groups excluding carboxylic acids is 2. The number of benzene rings is 1. The van der Waals surface area contributed by atoms with Crippen molar-refractivity contribution in [3.63, 3.8) is 0 Å². The van der Waals surface area contributed by atoms with E-state index in [0.29, 0.717) is 29.7 Å². The van der Waals surface area contributed by atoms with Crippen molar-refractivity contribution in [2.45, 2.75) is 45.9 Å². The van der Waals surface area contributed by atoms with Crippen molar-refractivity contribution in [2.75, 3.05) is 13.2 Å². The lowest BCUT2D eigenvalue weighted by Gasteiger charge is -2.27. The van der Waals surface area contributed by atoms with Crippen LogP contribution in [0.15, 0.2) is 28.7 Å². The number of halogens is 3. The molecule has 1 aliphatic rings. The molecule has 1 heterocycles. The Balaban J connectivity index is 1.57. The van der Waals surface area contributed by atoms with Gasteiger partial charge in [0.05, 0.1) is 11.1 Å². The highest BCUT2D eigenvalue weighted by molar-refractivity contribution is 6.03. The number of aliphatic hydroxyl groups is 1. The molecule has 1 aliphatic carbocycles. The predicted molar refractivity (Wildman–Crippen MR) is 105 cm³/mol. The van der Waals surface area contributed by atoms with Gasteiger partial charge in [0.15, 0.2) is 11.5 Å². The normalized spacial score (nSPS) is 16.5. The average molecular weight is 439 g/mol. The third-order valence-electron chi connectivity index (χ3n) is 5.08. The Morgan fingerprint density at radius 2 is 2.03 bits per heavy atom. The summed E-state index contributed by atoms with van der Waals surface area (Å²) in [7, 11) is 0. The summed E-state index contributed by atoms with van der Waals surface area (Å²) in [5, 5.41) is 12.5. The molecule has 1 unspecified atom stereocenters. The summed E-state index contributed by atoms with van der Waals surface area (Å²) in [5.74, 6) is -0.202. The number of hydrogen-bond acceptors (Lipinski definition) is 5. The molecule has 0 saturated heterocycles. The number of alkyl halides is 3. The Bertz CT molecular complexity index is 994. The van der Waals surface area contributed by atoms with Crippen LogP contribution in [-0.2, 0) is 12.6 Å². The fourth-order valence-corrected chi connectivity index (χ4v) is 3.60. The Hall–Kier alpha value is -2.81. The Morgan fingerprint density at radius 1 is 1.32 bits per heavy atom. The van der Waals surface area contributed by atoms with E-state index in [0.717, 1.165) is 12.1 Å². The third-order valence-corrected chi connectivity index (χ3v) is 5.08. The van der Waals surface area contributed by atoms with Gasteiger partial charge in [0.1, 0.15) is 24.2 Å². The van der Waals surface area contributed by atoms with Crippen LogP contribution < -0.4 is 10.1 Å². The van der Waals surface area contributed by atoms with E-state index in [4.69, 9.17) is 9.15 Å². The molecule has 2 N–H and O–H groups in total. The summed E-state index contributed by atoms with van der Waals surface area (Å²) in [6.45, 7) is 5.02. The van der Waals surface area contributed by atoms with Gasteiger partial charge in [-0.2, -0.15) is 13.2 Å². The molecule has 1 atom stereocenters. The van der Waals surface area contributed by atoms with Gasteiger partial charge in [-0.1, -0.05) is 19.9 Å². The smallest absolute Gasteiger partial charge is 0.416 e. The van der Waals surface area contributed by atoms with Crippen molar-refractivity contribution in [3.05, 3.63) is 52.5 Å². The first-order valence-corrected chi connectivity index (χ1v) is 9.79. The number of hydrogen-bond donors (Lipinski definition) is 2. The van der Waals surface area contributed by atoms with Crippen LogP contribution in [-0.4, -0.2) is 36.1 Å². The first kappa shape index (κ1) is 22.9. The molecule has 9 heteroatoms. The molecule has 1 aromatic heterocycles. The Labute approximate surface area is 177 Å². The highest BCUT2D eigenvalue weighted by Gasteiger charge is 2.37. The SMILES string of the molecule is Cc1c(C(=O)NCC(O)COc2cccc(C(F)(F)F)c2)oc2c1C(=O)CC(C)(C)C2. The standard InChI is InChI=1S/C22H24F3NO5/c1-12-18-16(28)8-21(2,3)9-17(18)31-19(12)20(29)26-10-14(27)11-30-15-6-4-5-13(7-15)22(23,24)25/h4-7,14,27H,8-11H2,1-3H3,(H,26,29). The van der Waals surface area contributed by atoms with Gasteiger partial charge in [-0.25, -0.2) is 0 Å². The van der Waals surface area contributed by atoms with Gasteiger partial charge < -0.3 is 19.6 Å². The number of rotatable bonds is 6. The summed E-state index contributed by atoms with van der Waals surface area (Å²) in [5.41, 5.74) is -0.206. The first-order chi connectivity index (χ1) is 14.4. The summed E-state index contributed by atoms with van der Waals surface area (Å²) in [4.78, 5) is 24.9. The topological polar surface area (TPSA) is 88.8 Å². The van der Waals surface area contributed by atoms with Crippen LogP contribution in [0.2, 0.25) is 0 Å². The maximum atomic E-state index is 12.7. The van der Waals surface area contributed by atoms with Crippen molar-refractivity contribution in [2.24, 2.45) is 5.41 Å². The van der Waals surface area contributed by atoms with Crippen LogP contribution in [0.25, 0.3) is 0 Å². The number of fused-ring (bicyclic) bond motifs is 1. The van der Waals surface area contributed by atoms with Gasteiger partial charge in [-0.3, -0.25) is 9.59 Å². The van der Waals surface area contributed by atoms with E-state index in [1.54, 1.807) is 6.92 Å². The Morgan fingerprint density at radius 3 is 2.71 bits per heavy atom. The van der Waals surface area contributed by atoms with Gasteiger partial charge >= 0.3 is 6.18 Å². The van der Waals surface area contributed by atoms with E-state index in [1.807, 2.05) is 13.8 Å². The monoisotopic (exact) mass is 439 g/mol. The molecule has 1 aromatic carbocycles. The number of aliphatic hydroxyl groups excluding tert-OH is 1. The minimum Gasteiger partial charge on any atom is -0.491 e. The summed E-state index contributed by atoms with van der Waals surface area (Å²) >= 11 is 0. The highest BCUT2D eigenvalue weighted by Crippen LogP contribution is 2.38. The Kier molecular flexibility index (Phi) is 6.18. The van der Waals surface area contributed by atoms with E-state index in [-0.39, 0.29) is 35.9 Å². The third kappa shape index (κ3) is 5.28. The lowest BCUT2D eigenvalue weighted by molar-refractivity contribution is -0.137. The fraction of sp³-hybridized carbons (Fsp3) is 0.455. The molecular weight excluding hydrogens is 415 g/mol. The molecule has 2 aromatic rings. The van der Waals surface area contributed by atoms with E-state index in [1.165, 1.54) is 12.1 Å². The summed E-state index contributed by atoms with van der Waals surface area (Å²) < 4.78 is 49.1. The second-order valence-corrected chi connectivity index (χ2v) is 8.50. The van der Waals surface area contributed by atoms with Gasteiger partial charge in [0.25, 0.3) is 5.91 Å². The molecule has 31 heavy (non-hydrogen) atoms. The lowest BCUT2D eigenvalue weighted by Crippen LogP contribution is -2.35. The highest BCUT2D eigenvalue weighted by atomic mass is 19.4. The molecule has 0 bridgehead atoms. The minimum absolute atomic E-state index is 0.0158. The molecule has 6 nitrogen and oxygen atoms in total. The average Bonchev–Trinajstić information content (AvgIpc) is 2.99. The fourth-order valence-electron chi connectivity index (χ4n) is 3.60. The minimum atomic E-state index is -4.50. The van der Waals surface area contributed by atoms with E-state index < -0.39 is 23.8 Å². The number of furan rings is 1. The maximum Gasteiger partial charge on any atom is 0.416 e. The number of carbonyl (C=O) groups is 2. The molecule has 0 fully saturated rings. The lowest BCUT2D eigenvalue weighted by atomic mass is 9.76. The largest absolute Gasteiger partial charge is 0.491 e. The second-order valence-electron chi connectivity index (χ2n) is 8.50. The summed E-state index contributed by atoms with van der Waals surface area (Å²) in [6, 6.07) is 4.30. The zero-order valence-electron chi connectivity index (χ0n) is 17.4. The number of amides is 1. The number of ketones is 1. The number of ether oxygens (including phenoxy) is 1. The van der Waals surface area contributed by atoms with Crippen molar-refractivity contribution >= 4 is 11.7 Å². The van der Waals surface area contributed by atoms with Crippen LogP contribution in [0.1, 0.15) is 58.1 Å². The van der Waals surface area contributed by atoms with Gasteiger partial charge in [-0.15, -0.1) is 0 Å². The number of nitrogens with one attached hydrogen (secondary N) is 1. The maximum absolute atomic E-state index is 12.7. The summed E-state index contributed by atoms with van der Waals surface area (Å²) in [6.07, 6.45) is -4.75. The zero-order valence-corrected chi connectivity index (χ0v) is 17.4. The second kappa shape index (κ2) is 8.37. The molecule has 0 spiro atoms. The van der Waals surface area contributed by atoms with Crippen LogP contribution in [0.5, 0.6) is 5.75 Å². The van der Waals surface area contributed by atoms with Crippen molar-refractivity contribution in [1.29, 1.82) is 0 Å². The molecule has 0 radical (unpaired) electrons. The van der Waals surface area contributed by atoms with Crippen LogP contribution in [0.3, 0.4) is 0 Å². The van der Waals surface area contributed by atoms with Crippen molar-refractivity contribution in [3.8, 4) is 5.75 Å². The zero-order chi connectivity index (χ0) is 23.0. The van der Waals surface area contributed by atoms with Gasteiger partial charge in [-0.05, 0) is 30.5 Å². The van der Waals surface area contributed by atoms with Crippen molar-refractivity contribution < 1.29 is 37.0 Å².